The number of rotatable bonds is 9. The SMILES string of the molecule is O=C(NCc1ccc(OCc2cccc(F)c2)cc1)c1occc1CS(=O)(=O)c1ccccc1. The number of amides is 1. The molecule has 1 amide bonds. The normalized spacial score (nSPS) is 11.2. The smallest absolute Gasteiger partial charge is 0.287 e. The summed E-state index contributed by atoms with van der Waals surface area (Å²) in [6, 6.07) is 22.8. The van der Waals surface area contributed by atoms with Crippen LogP contribution in [-0.4, -0.2) is 14.3 Å². The van der Waals surface area contributed by atoms with E-state index in [0.29, 0.717) is 11.3 Å². The van der Waals surface area contributed by atoms with E-state index in [-0.39, 0.29) is 35.4 Å². The predicted molar refractivity (Wildman–Crippen MR) is 124 cm³/mol. The van der Waals surface area contributed by atoms with Gasteiger partial charge < -0.3 is 14.5 Å². The molecule has 0 aliphatic heterocycles. The molecule has 0 spiro atoms. The molecule has 34 heavy (non-hydrogen) atoms. The molecule has 1 heterocycles. The monoisotopic (exact) mass is 479 g/mol. The lowest BCUT2D eigenvalue weighted by molar-refractivity contribution is 0.0922. The van der Waals surface area contributed by atoms with Crippen molar-refractivity contribution in [1.29, 1.82) is 0 Å². The van der Waals surface area contributed by atoms with Gasteiger partial charge in [0.2, 0.25) is 0 Å². The number of halogens is 1. The maximum absolute atomic E-state index is 13.3. The van der Waals surface area contributed by atoms with Crippen LogP contribution in [0.2, 0.25) is 0 Å². The van der Waals surface area contributed by atoms with Crippen molar-refractivity contribution in [3.05, 3.63) is 119 Å². The molecule has 4 rings (SSSR count). The van der Waals surface area contributed by atoms with Crippen molar-refractivity contribution in [2.75, 3.05) is 0 Å². The minimum absolute atomic E-state index is 0.0328. The van der Waals surface area contributed by atoms with Crippen molar-refractivity contribution < 1.29 is 26.8 Å². The molecule has 0 saturated carbocycles. The third-order valence-corrected chi connectivity index (χ3v) is 6.75. The molecule has 0 aliphatic rings. The molecular weight excluding hydrogens is 457 g/mol. The number of sulfone groups is 1. The van der Waals surface area contributed by atoms with E-state index in [1.165, 1.54) is 36.6 Å². The van der Waals surface area contributed by atoms with Crippen LogP contribution in [0.3, 0.4) is 0 Å². The van der Waals surface area contributed by atoms with Gasteiger partial charge in [-0.15, -0.1) is 0 Å². The quantitative estimate of drug-likeness (QED) is 0.369. The Labute approximate surface area is 196 Å². The molecular formula is C26H22FNO5S. The summed E-state index contributed by atoms with van der Waals surface area (Å²) in [4.78, 5) is 12.8. The van der Waals surface area contributed by atoms with Gasteiger partial charge in [0.1, 0.15) is 18.2 Å². The molecule has 0 aliphatic carbocycles. The van der Waals surface area contributed by atoms with E-state index in [4.69, 9.17) is 9.15 Å². The third kappa shape index (κ3) is 5.90. The zero-order valence-electron chi connectivity index (χ0n) is 18.1. The number of hydrogen-bond donors (Lipinski definition) is 1. The van der Waals surface area contributed by atoms with Gasteiger partial charge >= 0.3 is 0 Å². The van der Waals surface area contributed by atoms with Crippen LogP contribution < -0.4 is 10.1 Å². The van der Waals surface area contributed by atoms with Gasteiger partial charge in [0.05, 0.1) is 16.9 Å². The van der Waals surface area contributed by atoms with Gasteiger partial charge in [-0.05, 0) is 53.6 Å². The second-order valence-electron chi connectivity index (χ2n) is 7.59. The molecule has 1 N–H and O–H groups in total. The lowest BCUT2D eigenvalue weighted by Crippen LogP contribution is -2.23. The molecule has 6 nitrogen and oxygen atoms in total. The molecule has 174 valence electrons. The first-order valence-corrected chi connectivity index (χ1v) is 12.1. The first-order chi connectivity index (χ1) is 16.4. The number of benzene rings is 3. The highest BCUT2D eigenvalue weighted by atomic mass is 32.2. The molecule has 1 aromatic heterocycles. The van der Waals surface area contributed by atoms with Crippen LogP contribution in [0.4, 0.5) is 4.39 Å². The number of nitrogens with one attached hydrogen (secondary N) is 1. The van der Waals surface area contributed by atoms with Crippen molar-refractivity contribution >= 4 is 15.7 Å². The molecule has 0 saturated heterocycles. The number of carbonyl (C=O) groups is 1. The minimum Gasteiger partial charge on any atom is -0.489 e. The van der Waals surface area contributed by atoms with E-state index in [1.807, 2.05) is 0 Å². The number of ether oxygens (including phenoxy) is 1. The summed E-state index contributed by atoms with van der Waals surface area (Å²) >= 11 is 0. The van der Waals surface area contributed by atoms with E-state index in [9.17, 15) is 17.6 Å². The van der Waals surface area contributed by atoms with Crippen molar-refractivity contribution in [2.45, 2.75) is 23.8 Å². The number of carbonyl (C=O) groups excluding carboxylic acids is 1. The minimum atomic E-state index is -3.61. The van der Waals surface area contributed by atoms with Crippen LogP contribution in [0.1, 0.15) is 27.2 Å². The van der Waals surface area contributed by atoms with Crippen molar-refractivity contribution in [1.82, 2.24) is 5.32 Å². The highest BCUT2D eigenvalue weighted by Gasteiger charge is 2.22. The molecule has 8 heteroatoms. The van der Waals surface area contributed by atoms with Gasteiger partial charge in [-0.3, -0.25) is 4.79 Å². The van der Waals surface area contributed by atoms with Crippen LogP contribution in [0.25, 0.3) is 0 Å². The van der Waals surface area contributed by atoms with E-state index in [2.05, 4.69) is 5.32 Å². The summed E-state index contributed by atoms with van der Waals surface area (Å²) in [7, 11) is -3.61. The fourth-order valence-corrected chi connectivity index (χ4v) is 4.70. The van der Waals surface area contributed by atoms with Gasteiger partial charge in [-0.1, -0.05) is 42.5 Å². The number of furan rings is 1. The van der Waals surface area contributed by atoms with Crippen LogP contribution in [-0.2, 0) is 28.7 Å². The van der Waals surface area contributed by atoms with Gasteiger partial charge in [0.15, 0.2) is 15.6 Å². The highest BCUT2D eigenvalue weighted by molar-refractivity contribution is 7.90. The Balaban J connectivity index is 1.33. The lowest BCUT2D eigenvalue weighted by atomic mass is 10.2. The molecule has 0 radical (unpaired) electrons. The fraction of sp³-hybridized carbons (Fsp3) is 0.115. The van der Waals surface area contributed by atoms with E-state index in [0.717, 1.165) is 11.1 Å². The summed E-state index contributed by atoms with van der Waals surface area (Å²) in [6.07, 6.45) is 1.30. The molecule has 0 fully saturated rings. The standard InChI is InChI=1S/C26H22FNO5S/c27-22-6-4-5-20(15-22)17-33-23-11-9-19(10-12-23)16-28-26(29)25-21(13-14-32-25)18-34(30,31)24-7-2-1-3-8-24/h1-15H,16-18H2,(H,28,29). The average molecular weight is 480 g/mol. The summed E-state index contributed by atoms with van der Waals surface area (Å²) < 4.78 is 49.5. The van der Waals surface area contributed by atoms with Crippen LogP contribution in [0, 0.1) is 5.82 Å². The van der Waals surface area contributed by atoms with E-state index >= 15 is 0 Å². The summed E-state index contributed by atoms with van der Waals surface area (Å²) in [6.45, 7) is 0.454. The molecule has 0 bridgehead atoms. The maximum Gasteiger partial charge on any atom is 0.287 e. The summed E-state index contributed by atoms with van der Waals surface area (Å²) in [5, 5.41) is 2.74. The fourth-order valence-electron chi connectivity index (χ4n) is 3.32. The van der Waals surface area contributed by atoms with Crippen LogP contribution in [0.15, 0.2) is 101 Å². The van der Waals surface area contributed by atoms with E-state index < -0.39 is 15.7 Å². The van der Waals surface area contributed by atoms with Crippen molar-refractivity contribution in [3.8, 4) is 5.75 Å². The Morgan fingerprint density at radius 2 is 1.68 bits per heavy atom. The maximum atomic E-state index is 13.3. The lowest BCUT2D eigenvalue weighted by Gasteiger charge is -2.09. The number of hydrogen-bond acceptors (Lipinski definition) is 5. The first-order valence-electron chi connectivity index (χ1n) is 10.5. The molecule has 0 atom stereocenters. The Kier molecular flexibility index (Phi) is 7.08. The molecule has 0 unspecified atom stereocenters. The van der Waals surface area contributed by atoms with Gasteiger partial charge in [-0.25, -0.2) is 12.8 Å². The van der Waals surface area contributed by atoms with Crippen molar-refractivity contribution in [3.63, 3.8) is 0 Å². The Morgan fingerprint density at radius 1 is 0.912 bits per heavy atom. The zero-order chi connectivity index (χ0) is 24.0. The predicted octanol–water partition coefficient (Wildman–Crippen LogP) is 4.90. The van der Waals surface area contributed by atoms with Gasteiger partial charge in [0, 0.05) is 12.1 Å². The van der Waals surface area contributed by atoms with Crippen molar-refractivity contribution in [2.24, 2.45) is 0 Å². The summed E-state index contributed by atoms with van der Waals surface area (Å²) in [5.74, 6) is -0.583. The Morgan fingerprint density at radius 3 is 2.41 bits per heavy atom. The first kappa shape index (κ1) is 23.3. The van der Waals surface area contributed by atoms with Gasteiger partial charge in [-0.2, -0.15) is 0 Å². The third-order valence-electron chi connectivity index (χ3n) is 5.07. The van der Waals surface area contributed by atoms with Gasteiger partial charge in [0.25, 0.3) is 5.91 Å². The molecule has 3 aromatic carbocycles. The zero-order valence-corrected chi connectivity index (χ0v) is 18.9. The topological polar surface area (TPSA) is 85.6 Å². The van der Waals surface area contributed by atoms with Crippen LogP contribution in [0.5, 0.6) is 5.75 Å². The summed E-state index contributed by atoms with van der Waals surface area (Å²) in [5.41, 5.74) is 1.83. The second kappa shape index (κ2) is 10.4. The van der Waals surface area contributed by atoms with Crippen LogP contribution >= 0.6 is 0 Å². The Bertz CT molecular complexity index is 1370. The largest absolute Gasteiger partial charge is 0.489 e. The second-order valence-corrected chi connectivity index (χ2v) is 9.58. The Hall–Kier alpha value is -3.91. The van der Waals surface area contributed by atoms with E-state index in [1.54, 1.807) is 54.6 Å². The average Bonchev–Trinajstić information content (AvgIpc) is 3.30. The molecule has 4 aromatic rings. The highest BCUT2D eigenvalue weighted by Crippen LogP contribution is 2.20.